The average molecular weight is 453 g/mol. The van der Waals surface area contributed by atoms with Crippen LogP contribution in [0.3, 0.4) is 0 Å². The molecule has 23 heavy (non-hydrogen) atoms. The van der Waals surface area contributed by atoms with E-state index >= 15 is 0 Å². The Hall–Kier alpha value is -1.69. The first-order chi connectivity index (χ1) is 10.7. The first kappa shape index (κ1) is 16.2. The van der Waals surface area contributed by atoms with Gasteiger partial charge >= 0.3 is 11.9 Å². The summed E-state index contributed by atoms with van der Waals surface area (Å²) in [7, 11) is 0. The smallest absolute Gasteiger partial charge is 0.306 e. The van der Waals surface area contributed by atoms with E-state index in [1.807, 2.05) is 4.98 Å². The van der Waals surface area contributed by atoms with E-state index in [-0.39, 0.29) is 25.0 Å². The van der Waals surface area contributed by atoms with Crippen LogP contribution in [0.2, 0.25) is 0 Å². The van der Waals surface area contributed by atoms with Gasteiger partial charge in [0.15, 0.2) is 0 Å². The summed E-state index contributed by atoms with van der Waals surface area (Å²) in [5, 5.41) is -0.0411. The largest absolute Gasteiger partial charge is 0.417 e. The second-order valence-corrected chi connectivity index (χ2v) is 7.03. The lowest BCUT2D eigenvalue weighted by Crippen LogP contribution is -2.23. The van der Waals surface area contributed by atoms with E-state index in [0.717, 1.165) is 22.3 Å². The zero-order valence-corrected chi connectivity index (χ0v) is 14.3. The van der Waals surface area contributed by atoms with Gasteiger partial charge in [-0.25, -0.2) is 9.78 Å². The van der Waals surface area contributed by atoms with Crippen molar-refractivity contribution in [1.82, 2.24) is 15.0 Å². The molecule has 10 heteroatoms. The molecule has 2 heterocycles. The summed E-state index contributed by atoms with van der Waals surface area (Å²) >= 11 is 2.80. The van der Waals surface area contributed by atoms with Crippen LogP contribution in [-0.2, 0) is 6.18 Å². The number of hydrogen-bond donors (Lipinski definition) is 2. The molecule has 0 fully saturated rings. The molecule has 0 aliphatic rings. The number of fused-ring (bicyclic) bond motifs is 1. The number of H-pyrrole nitrogens is 2. The highest BCUT2D eigenvalue weighted by molar-refractivity contribution is 14.1. The molecule has 3 rings (SSSR count). The molecule has 0 radical (unpaired) electrons. The first-order valence-electron chi connectivity index (χ1n) is 6.17. The van der Waals surface area contributed by atoms with Crippen LogP contribution in [0.1, 0.15) is 10.4 Å². The highest BCUT2D eigenvalue weighted by atomic mass is 127. The summed E-state index contributed by atoms with van der Waals surface area (Å²) in [6.07, 6.45) is -3.19. The van der Waals surface area contributed by atoms with Crippen molar-refractivity contribution in [2.75, 3.05) is 0 Å². The normalized spacial score (nSPS) is 12.0. The van der Waals surface area contributed by atoms with E-state index < -0.39 is 23.0 Å². The Labute approximate surface area is 143 Å². The average Bonchev–Trinajstić information content (AvgIpc) is 2.84. The molecule has 0 aliphatic carbocycles. The second-order valence-electron chi connectivity index (χ2n) is 4.72. The van der Waals surface area contributed by atoms with Crippen molar-refractivity contribution in [1.29, 1.82) is 0 Å². The molecule has 0 unspecified atom stereocenters. The van der Waals surface area contributed by atoms with Crippen LogP contribution in [0, 0.1) is 10.5 Å². The number of rotatable bonds is 1. The van der Waals surface area contributed by atoms with Crippen molar-refractivity contribution in [3.63, 3.8) is 0 Å². The number of aryl methyl sites for hydroxylation is 1. The van der Waals surface area contributed by atoms with Crippen molar-refractivity contribution < 1.29 is 13.2 Å². The van der Waals surface area contributed by atoms with Crippen LogP contribution < -0.4 is 11.2 Å². The fraction of sp³-hybridized carbons (Fsp3) is 0.154. The Bertz CT molecular complexity index is 1040. The zero-order chi connectivity index (χ0) is 16.9. The fourth-order valence-electron chi connectivity index (χ4n) is 2.17. The summed E-state index contributed by atoms with van der Waals surface area (Å²) in [4.78, 5) is 32.3. The predicted octanol–water partition coefficient (Wildman–Crippen LogP) is 3.27. The molecule has 0 atom stereocenters. The topological polar surface area (TPSA) is 78.6 Å². The van der Waals surface area contributed by atoms with Crippen molar-refractivity contribution in [3.8, 4) is 10.6 Å². The Morgan fingerprint density at radius 1 is 1.26 bits per heavy atom. The first-order valence-corrected chi connectivity index (χ1v) is 8.07. The Morgan fingerprint density at radius 2 is 1.96 bits per heavy atom. The molecule has 2 aromatic heterocycles. The number of halogens is 4. The van der Waals surface area contributed by atoms with E-state index in [0.29, 0.717) is 0 Å². The van der Waals surface area contributed by atoms with Gasteiger partial charge in [-0.3, -0.25) is 9.78 Å². The molecular weight excluding hydrogens is 446 g/mol. The number of benzene rings is 1. The molecule has 0 saturated heterocycles. The van der Waals surface area contributed by atoms with Crippen molar-refractivity contribution in [2.24, 2.45) is 0 Å². The molecular formula is C13H7F3IN3O2S. The SMILES string of the molecule is Cc1cnc(-c2c(C(F)(F)F)cc3c(=O)[nH]c(=O)[nH]c3c2I)s1. The van der Waals surface area contributed by atoms with Crippen molar-refractivity contribution >= 4 is 44.8 Å². The summed E-state index contributed by atoms with van der Waals surface area (Å²) < 4.78 is 40.5. The molecule has 3 aromatic rings. The molecule has 1 aromatic carbocycles. The van der Waals surface area contributed by atoms with Crippen LogP contribution in [0.25, 0.3) is 21.5 Å². The third-order valence-corrected chi connectivity index (χ3v) is 5.13. The van der Waals surface area contributed by atoms with Gasteiger partial charge in [0.2, 0.25) is 0 Å². The second kappa shape index (κ2) is 5.44. The third-order valence-electron chi connectivity index (χ3n) is 3.12. The van der Waals surface area contributed by atoms with Gasteiger partial charge in [0.25, 0.3) is 5.56 Å². The number of hydrogen-bond acceptors (Lipinski definition) is 4. The number of nitrogens with one attached hydrogen (secondary N) is 2. The maximum absolute atomic E-state index is 13.4. The van der Waals surface area contributed by atoms with E-state index in [9.17, 15) is 22.8 Å². The van der Waals surface area contributed by atoms with Gasteiger partial charge in [0.05, 0.1) is 16.5 Å². The van der Waals surface area contributed by atoms with Crippen molar-refractivity contribution in [3.05, 3.63) is 47.1 Å². The minimum absolute atomic E-state index is 0.0650. The minimum Gasteiger partial charge on any atom is -0.306 e. The summed E-state index contributed by atoms with van der Waals surface area (Å²) in [5.41, 5.74) is -2.67. The molecule has 0 spiro atoms. The molecule has 5 nitrogen and oxygen atoms in total. The van der Waals surface area contributed by atoms with Crippen LogP contribution in [0.15, 0.2) is 21.9 Å². The van der Waals surface area contributed by atoms with Crippen LogP contribution in [0.5, 0.6) is 0 Å². The Kier molecular flexibility index (Phi) is 3.83. The van der Waals surface area contributed by atoms with E-state index in [1.54, 1.807) is 29.5 Å². The predicted molar refractivity (Wildman–Crippen MR) is 88.8 cm³/mol. The van der Waals surface area contributed by atoms with Gasteiger partial charge in [-0.2, -0.15) is 13.2 Å². The standard InChI is InChI=1S/C13H7F3IN3O2S/c1-4-3-18-11(23-4)7-6(13(14,15)16)2-5-9(8(7)17)19-12(22)20-10(5)21/h2-3H,1H3,(H2,19,20,21,22). The summed E-state index contributed by atoms with van der Waals surface area (Å²) in [5.74, 6) is 0. The van der Waals surface area contributed by atoms with Gasteiger partial charge in [-0.15, -0.1) is 11.3 Å². The molecule has 0 aliphatic heterocycles. The number of alkyl halides is 3. The fourth-order valence-corrected chi connectivity index (χ4v) is 4.15. The van der Waals surface area contributed by atoms with Gasteiger partial charge in [0.1, 0.15) is 5.01 Å². The van der Waals surface area contributed by atoms with Gasteiger partial charge in [-0.1, -0.05) is 0 Å². The molecule has 120 valence electrons. The summed E-state index contributed by atoms with van der Waals surface area (Å²) in [6, 6.07) is 0.748. The van der Waals surface area contributed by atoms with Gasteiger partial charge in [0, 0.05) is 20.2 Å². The maximum atomic E-state index is 13.4. The van der Waals surface area contributed by atoms with Crippen LogP contribution >= 0.6 is 33.9 Å². The quantitative estimate of drug-likeness (QED) is 0.556. The number of nitrogens with zero attached hydrogens (tertiary/aromatic N) is 1. The van der Waals surface area contributed by atoms with Gasteiger partial charge < -0.3 is 4.98 Å². The van der Waals surface area contributed by atoms with E-state index in [4.69, 9.17) is 0 Å². The lowest BCUT2D eigenvalue weighted by Gasteiger charge is -2.14. The lowest BCUT2D eigenvalue weighted by molar-refractivity contribution is -0.137. The highest BCUT2D eigenvalue weighted by Crippen LogP contribution is 2.42. The number of thiazole rings is 1. The minimum atomic E-state index is -4.66. The molecule has 0 amide bonds. The number of aromatic nitrogens is 3. The highest BCUT2D eigenvalue weighted by Gasteiger charge is 2.36. The monoisotopic (exact) mass is 453 g/mol. The zero-order valence-electron chi connectivity index (χ0n) is 11.3. The lowest BCUT2D eigenvalue weighted by atomic mass is 10.0. The van der Waals surface area contributed by atoms with Crippen LogP contribution in [0.4, 0.5) is 13.2 Å². The number of aromatic amines is 2. The molecule has 2 N–H and O–H groups in total. The summed E-state index contributed by atoms with van der Waals surface area (Å²) in [6.45, 7) is 1.73. The maximum Gasteiger partial charge on any atom is 0.417 e. The van der Waals surface area contributed by atoms with E-state index in [1.165, 1.54) is 6.20 Å². The Morgan fingerprint density at radius 3 is 2.52 bits per heavy atom. The Balaban J connectivity index is 2.53. The third kappa shape index (κ3) is 2.80. The molecule has 0 saturated carbocycles. The van der Waals surface area contributed by atoms with Gasteiger partial charge in [-0.05, 0) is 35.6 Å². The molecule has 0 bridgehead atoms. The van der Waals surface area contributed by atoms with Crippen molar-refractivity contribution in [2.45, 2.75) is 13.1 Å². The van der Waals surface area contributed by atoms with E-state index in [2.05, 4.69) is 9.97 Å². The van der Waals surface area contributed by atoms with Crippen LogP contribution in [-0.4, -0.2) is 15.0 Å².